The van der Waals surface area contributed by atoms with Crippen molar-refractivity contribution in [2.45, 2.75) is 50.8 Å². The topological polar surface area (TPSA) is 138 Å². The van der Waals surface area contributed by atoms with Gasteiger partial charge in [0.25, 0.3) is 0 Å². The number of carbonyl (C=O) groups is 2. The van der Waals surface area contributed by atoms with E-state index in [1.807, 2.05) is 0 Å². The number of aliphatic imine (C=N–C) groups is 1. The van der Waals surface area contributed by atoms with Gasteiger partial charge in [0, 0.05) is 41.8 Å². The lowest BCUT2D eigenvalue weighted by atomic mass is 9.70. The Balaban J connectivity index is 1.47. The number of halogens is 2. The summed E-state index contributed by atoms with van der Waals surface area (Å²) in [6, 6.07) is 3.36. The quantitative estimate of drug-likeness (QED) is 0.418. The summed E-state index contributed by atoms with van der Waals surface area (Å²) in [7, 11) is -3.68. The van der Waals surface area contributed by atoms with Crippen LogP contribution in [0.5, 0.6) is 0 Å². The number of hydrogen-bond acceptors (Lipinski definition) is 9. The van der Waals surface area contributed by atoms with Crippen LogP contribution in [0.25, 0.3) is 0 Å². The molecular weight excluding hydrogens is 595 g/mol. The predicted octanol–water partition coefficient (Wildman–Crippen LogP) is 4.14. The molecule has 1 atom stereocenters. The molecular formula is C27H30ClFN4O6S2. The molecule has 1 aliphatic carbocycles. The van der Waals surface area contributed by atoms with Crippen LogP contribution >= 0.6 is 22.9 Å². The van der Waals surface area contributed by atoms with Crippen molar-refractivity contribution in [2.24, 2.45) is 16.3 Å². The zero-order valence-corrected chi connectivity index (χ0v) is 24.9. The Morgan fingerprint density at radius 1 is 1.29 bits per heavy atom. The Morgan fingerprint density at radius 2 is 2.00 bits per heavy atom. The smallest absolute Gasteiger partial charge is 0.338 e. The summed E-state index contributed by atoms with van der Waals surface area (Å²) < 4.78 is 47.9. The largest absolute Gasteiger partial charge is 0.481 e. The van der Waals surface area contributed by atoms with Crippen molar-refractivity contribution < 1.29 is 32.2 Å². The molecule has 1 saturated carbocycles. The van der Waals surface area contributed by atoms with Crippen LogP contribution < -0.4 is 5.32 Å². The Kier molecular flexibility index (Phi) is 8.25. The number of ether oxygens (including phenoxy) is 1. The number of piperidine rings is 1. The molecule has 2 aromatic rings. The van der Waals surface area contributed by atoms with E-state index in [0.717, 1.165) is 0 Å². The van der Waals surface area contributed by atoms with Crippen LogP contribution in [0.2, 0.25) is 5.02 Å². The number of allylic oxidation sites excluding steroid dienone is 1. The minimum absolute atomic E-state index is 0.0774. The molecule has 2 N–H and O–H groups in total. The number of aliphatic carboxylic acids is 1. The second-order valence-electron chi connectivity index (χ2n) is 10.6. The zero-order valence-electron chi connectivity index (χ0n) is 22.5. The fourth-order valence-corrected chi connectivity index (χ4v) is 8.78. The average Bonchev–Trinajstić information content (AvgIpc) is 3.47. The number of aromatic nitrogens is 1. The standard InChI is InChI=1S/C27H30ClFN4O6S2/c1-3-39-25(34)19-21(15-7-10-33(11-8-15)41(37,38)16-13-27(2,14-16)26(35)36)31-23(24-30-9-12-40-24)32-22(19)17-5-4-6-18(29)20(17)28/h4-6,9,12,15-16,22H,3,7-8,10-11,13-14H2,1-2H3,(H,31,32)(H,35,36)/t16-,22?,27-. The molecule has 14 heteroatoms. The number of nitrogens with zero attached hydrogens (tertiary/aromatic N) is 3. The Bertz CT molecular complexity index is 1510. The summed E-state index contributed by atoms with van der Waals surface area (Å²) in [5.74, 6) is -2.14. The van der Waals surface area contributed by atoms with Crippen molar-refractivity contribution in [3.8, 4) is 0 Å². The van der Waals surface area contributed by atoms with Crippen LogP contribution in [0, 0.1) is 17.2 Å². The van der Waals surface area contributed by atoms with Crippen LogP contribution in [0.4, 0.5) is 4.39 Å². The number of sulfonamides is 1. The number of carboxylic acid groups (broad SMARTS) is 1. The molecule has 1 aromatic carbocycles. The van der Waals surface area contributed by atoms with Gasteiger partial charge in [-0.1, -0.05) is 23.7 Å². The predicted molar refractivity (Wildman–Crippen MR) is 152 cm³/mol. The molecule has 10 nitrogen and oxygen atoms in total. The normalized spacial score (nSPS) is 25.7. The van der Waals surface area contributed by atoms with E-state index in [9.17, 15) is 27.5 Å². The number of nitrogens with one attached hydrogen (secondary N) is 1. The molecule has 0 spiro atoms. The number of esters is 1. The van der Waals surface area contributed by atoms with Gasteiger partial charge < -0.3 is 15.2 Å². The van der Waals surface area contributed by atoms with Gasteiger partial charge in [-0.05, 0) is 45.6 Å². The summed E-state index contributed by atoms with van der Waals surface area (Å²) in [5.41, 5.74) is -0.0141. The zero-order chi connectivity index (χ0) is 29.5. The second-order valence-corrected chi connectivity index (χ2v) is 14.1. The third-order valence-electron chi connectivity index (χ3n) is 8.00. The van der Waals surface area contributed by atoms with Crippen LogP contribution in [0.3, 0.4) is 0 Å². The highest BCUT2D eigenvalue weighted by atomic mass is 35.5. The SMILES string of the molecule is CCOC(=O)C1=C(C2CCN(S(=O)(=O)[C@H]3C[C@](C)(C(=O)O)C3)CC2)NC(c2nccs2)=NC1c1cccc(F)c1Cl. The molecule has 0 amide bonds. The van der Waals surface area contributed by atoms with E-state index in [2.05, 4.69) is 10.3 Å². The van der Waals surface area contributed by atoms with Crippen molar-refractivity contribution in [3.05, 3.63) is 62.5 Å². The Labute approximate surface area is 246 Å². The number of rotatable bonds is 8. The lowest BCUT2D eigenvalue weighted by Crippen LogP contribution is -2.54. The summed E-state index contributed by atoms with van der Waals surface area (Å²) in [6.07, 6.45) is 2.56. The third-order valence-corrected chi connectivity index (χ3v) is 11.4. The molecule has 0 bridgehead atoms. The van der Waals surface area contributed by atoms with E-state index in [0.29, 0.717) is 34.9 Å². The van der Waals surface area contributed by atoms with Gasteiger partial charge in [-0.15, -0.1) is 11.3 Å². The van der Waals surface area contributed by atoms with Crippen molar-refractivity contribution in [3.63, 3.8) is 0 Å². The summed E-state index contributed by atoms with van der Waals surface area (Å²) in [5, 5.41) is 14.1. The molecule has 0 radical (unpaired) electrons. The third kappa shape index (κ3) is 5.52. The molecule has 5 rings (SSSR count). The maximum atomic E-state index is 14.5. The minimum Gasteiger partial charge on any atom is -0.481 e. The summed E-state index contributed by atoms with van der Waals surface area (Å²) in [4.78, 5) is 34.0. The number of carboxylic acids is 1. The van der Waals surface area contributed by atoms with E-state index >= 15 is 0 Å². The van der Waals surface area contributed by atoms with E-state index in [1.54, 1.807) is 31.5 Å². The number of amidine groups is 1. The first kappa shape index (κ1) is 29.6. The average molecular weight is 625 g/mol. The number of benzene rings is 1. The Morgan fingerprint density at radius 3 is 2.61 bits per heavy atom. The van der Waals surface area contributed by atoms with E-state index in [-0.39, 0.29) is 49.1 Å². The molecule has 3 heterocycles. The monoisotopic (exact) mass is 624 g/mol. The fraction of sp³-hybridized carbons (Fsp3) is 0.481. The minimum atomic E-state index is -3.68. The van der Waals surface area contributed by atoms with E-state index in [1.165, 1.54) is 27.8 Å². The number of hydrogen-bond donors (Lipinski definition) is 2. The molecule has 41 heavy (non-hydrogen) atoms. The van der Waals surface area contributed by atoms with Gasteiger partial charge in [-0.3, -0.25) is 9.79 Å². The lowest BCUT2D eigenvalue weighted by Gasteiger charge is -2.44. The maximum absolute atomic E-state index is 14.5. The van der Waals surface area contributed by atoms with Gasteiger partial charge in [-0.25, -0.2) is 26.9 Å². The van der Waals surface area contributed by atoms with Gasteiger partial charge in [0.05, 0.1) is 27.9 Å². The molecule has 2 aliphatic heterocycles. The highest BCUT2D eigenvalue weighted by Crippen LogP contribution is 2.46. The first-order chi connectivity index (χ1) is 19.5. The van der Waals surface area contributed by atoms with Gasteiger partial charge in [0.2, 0.25) is 10.0 Å². The summed E-state index contributed by atoms with van der Waals surface area (Å²) >= 11 is 7.72. The molecule has 1 unspecified atom stereocenters. The van der Waals surface area contributed by atoms with Crippen molar-refractivity contribution in [1.29, 1.82) is 0 Å². The van der Waals surface area contributed by atoms with E-state index < -0.39 is 44.5 Å². The fourth-order valence-electron chi connectivity index (χ4n) is 5.67. The van der Waals surface area contributed by atoms with Gasteiger partial charge in [0.1, 0.15) is 11.9 Å². The maximum Gasteiger partial charge on any atom is 0.338 e. The van der Waals surface area contributed by atoms with Crippen LogP contribution in [0.15, 0.2) is 46.0 Å². The highest BCUT2D eigenvalue weighted by molar-refractivity contribution is 7.89. The Hall–Kier alpha value is -2.87. The van der Waals surface area contributed by atoms with Gasteiger partial charge in [0.15, 0.2) is 10.8 Å². The summed E-state index contributed by atoms with van der Waals surface area (Å²) in [6.45, 7) is 3.75. The number of carbonyl (C=O) groups excluding carboxylic acids is 1. The van der Waals surface area contributed by atoms with Crippen LogP contribution in [0.1, 0.15) is 56.1 Å². The van der Waals surface area contributed by atoms with Crippen LogP contribution in [-0.2, 0) is 24.3 Å². The van der Waals surface area contributed by atoms with Gasteiger partial charge >= 0.3 is 11.9 Å². The molecule has 1 aromatic heterocycles. The van der Waals surface area contributed by atoms with Gasteiger partial charge in [-0.2, -0.15) is 0 Å². The molecule has 1 saturated heterocycles. The van der Waals surface area contributed by atoms with Crippen molar-refractivity contribution >= 4 is 50.7 Å². The lowest BCUT2D eigenvalue weighted by molar-refractivity contribution is -0.152. The molecule has 3 aliphatic rings. The van der Waals surface area contributed by atoms with E-state index in [4.69, 9.17) is 21.3 Å². The first-order valence-corrected chi connectivity index (χ1v) is 16.0. The molecule has 220 valence electrons. The number of thiazole rings is 1. The highest BCUT2D eigenvalue weighted by Gasteiger charge is 2.53. The van der Waals surface area contributed by atoms with Crippen molar-refractivity contribution in [2.75, 3.05) is 19.7 Å². The van der Waals surface area contributed by atoms with Crippen LogP contribution in [-0.4, -0.2) is 65.5 Å². The second kappa shape index (κ2) is 11.4. The first-order valence-electron chi connectivity index (χ1n) is 13.3. The molecule has 2 fully saturated rings. The van der Waals surface area contributed by atoms with Crippen molar-refractivity contribution in [1.82, 2.24) is 14.6 Å².